The maximum absolute atomic E-state index is 10.4. The number of hydrogen-bond acceptors (Lipinski definition) is 6. The van der Waals surface area contributed by atoms with Gasteiger partial charge in [0.15, 0.2) is 0 Å². The summed E-state index contributed by atoms with van der Waals surface area (Å²) >= 11 is 3.65. The molecule has 0 aliphatic heterocycles. The normalized spacial score (nSPS) is 12.8. The second-order valence-corrected chi connectivity index (χ2v) is 4.31. The van der Waals surface area contributed by atoms with Crippen molar-refractivity contribution in [3.8, 4) is 5.75 Å². The highest BCUT2D eigenvalue weighted by atomic mass is 32.1. The maximum Gasteiger partial charge on any atom is 0.321 e. The summed E-state index contributed by atoms with van der Waals surface area (Å²) in [5.41, 5.74) is 11.1. The SMILES string of the molecule is NC(CS)C(=O)O.N[C@@H](Cc1ccc(O)cc1)C(=O)O. The Hall–Kier alpha value is -1.77. The van der Waals surface area contributed by atoms with Crippen LogP contribution in [0.5, 0.6) is 5.75 Å². The molecule has 1 unspecified atom stereocenters. The lowest BCUT2D eigenvalue weighted by atomic mass is 10.1. The second kappa shape index (κ2) is 9.18. The van der Waals surface area contributed by atoms with Crippen molar-refractivity contribution < 1.29 is 24.9 Å². The van der Waals surface area contributed by atoms with E-state index in [0.29, 0.717) is 0 Å². The van der Waals surface area contributed by atoms with Crippen LogP contribution in [-0.4, -0.2) is 45.1 Å². The largest absolute Gasteiger partial charge is 0.508 e. The predicted octanol–water partition coefficient (Wildman–Crippen LogP) is -0.325. The average molecular weight is 302 g/mol. The Bertz CT molecular complexity index is 438. The van der Waals surface area contributed by atoms with Gasteiger partial charge in [0.2, 0.25) is 0 Å². The summed E-state index contributed by atoms with van der Waals surface area (Å²) in [5.74, 6) is -1.68. The number of rotatable bonds is 5. The number of nitrogens with two attached hydrogens (primary N) is 2. The third-order valence-corrected chi connectivity index (χ3v) is 2.62. The number of phenolic OH excluding ortho intramolecular Hbond substituents is 1. The van der Waals surface area contributed by atoms with Crippen LogP contribution in [0.1, 0.15) is 5.56 Å². The number of carboxylic acids is 2. The van der Waals surface area contributed by atoms with Gasteiger partial charge in [0, 0.05) is 5.75 Å². The first-order valence-electron chi connectivity index (χ1n) is 5.63. The van der Waals surface area contributed by atoms with E-state index in [9.17, 15) is 9.59 Å². The van der Waals surface area contributed by atoms with Crippen LogP contribution in [0, 0.1) is 0 Å². The first-order chi connectivity index (χ1) is 9.27. The van der Waals surface area contributed by atoms with E-state index in [2.05, 4.69) is 12.6 Å². The van der Waals surface area contributed by atoms with Gasteiger partial charge in [0.05, 0.1) is 0 Å². The molecule has 112 valence electrons. The third kappa shape index (κ3) is 7.62. The van der Waals surface area contributed by atoms with Gasteiger partial charge in [-0.05, 0) is 24.1 Å². The molecule has 0 amide bonds. The highest BCUT2D eigenvalue weighted by molar-refractivity contribution is 7.80. The van der Waals surface area contributed by atoms with Crippen LogP contribution < -0.4 is 11.5 Å². The molecule has 0 aliphatic rings. The standard InChI is InChI=1S/C9H11NO3.C3H7NO2S/c10-8(9(12)13)5-6-1-3-7(11)4-2-6;4-2(1-7)3(5)6/h1-4,8,11H,5,10H2,(H,12,13);2,7H,1,4H2,(H,5,6)/t8-;/m0./s1. The quantitative estimate of drug-likeness (QED) is 0.408. The molecule has 0 aromatic heterocycles. The van der Waals surface area contributed by atoms with Crippen LogP contribution in [0.15, 0.2) is 24.3 Å². The number of benzene rings is 1. The minimum absolute atomic E-state index is 0.160. The fraction of sp³-hybridized carbons (Fsp3) is 0.333. The molecule has 0 aliphatic carbocycles. The molecule has 7 N–H and O–H groups in total. The van der Waals surface area contributed by atoms with Crippen molar-refractivity contribution in [1.29, 1.82) is 0 Å². The summed E-state index contributed by atoms with van der Waals surface area (Å²) in [7, 11) is 0. The zero-order chi connectivity index (χ0) is 15.7. The van der Waals surface area contributed by atoms with Gasteiger partial charge in [-0.2, -0.15) is 12.6 Å². The zero-order valence-electron chi connectivity index (χ0n) is 10.6. The predicted molar refractivity (Wildman–Crippen MR) is 76.9 cm³/mol. The van der Waals surface area contributed by atoms with Crippen LogP contribution in [0.2, 0.25) is 0 Å². The number of aliphatic carboxylic acids is 2. The van der Waals surface area contributed by atoms with Crippen molar-refractivity contribution in [2.75, 3.05) is 5.75 Å². The van der Waals surface area contributed by atoms with Crippen LogP contribution in [0.4, 0.5) is 0 Å². The molecule has 2 atom stereocenters. The van der Waals surface area contributed by atoms with E-state index >= 15 is 0 Å². The molecule has 0 saturated heterocycles. The molecule has 8 heteroatoms. The first kappa shape index (κ1) is 18.2. The van der Waals surface area contributed by atoms with E-state index < -0.39 is 24.0 Å². The van der Waals surface area contributed by atoms with Crippen molar-refractivity contribution in [3.63, 3.8) is 0 Å². The number of carboxylic acid groups (broad SMARTS) is 2. The van der Waals surface area contributed by atoms with Gasteiger partial charge < -0.3 is 26.8 Å². The minimum Gasteiger partial charge on any atom is -0.508 e. The number of thiol groups is 1. The molecule has 1 rings (SSSR count). The highest BCUT2D eigenvalue weighted by Crippen LogP contribution is 2.10. The summed E-state index contributed by atoms with van der Waals surface area (Å²) in [4.78, 5) is 20.2. The lowest BCUT2D eigenvalue weighted by molar-refractivity contribution is -0.139. The lowest BCUT2D eigenvalue weighted by Gasteiger charge is -2.05. The lowest BCUT2D eigenvalue weighted by Crippen LogP contribution is -2.32. The smallest absolute Gasteiger partial charge is 0.321 e. The van der Waals surface area contributed by atoms with Gasteiger partial charge in [-0.1, -0.05) is 12.1 Å². The average Bonchev–Trinajstić information content (AvgIpc) is 2.40. The van der Waals surface area contributed by atoms with Crippen molar-refractivity contribution in [3.05, 3.63) is 29.8 Å². The van der Waals surface area contributed by atoms with Crippen molar-refractivity contribution in [2.45, 2.75) is 18.5 Å². The van der Waals surface area contributed by atoms with Crippen LogP contribution in [-0.2, 0) is 16.0 Å². The maximum atomic E-state index is 10.4. The van der Waals surface area contributed by atoms with E-state index in [4.69, 9.17) is 26.8 Å². The summed E-state index contributed by atoms with van der Waals surface area (Å²) in [5, 5.41) is 25.5. The molecule has 0 spiro atoms. The van der Waals surface area contributed by atoms with Crippen LogP contribution in [0.3, 0.4) is 0 Å². The molecule has 0 radical (unpaired) electrons. The highest BCUT2D eigenvalue weighted by Gasteiger charge is 2.11. The van der Waals surface area contributed by atoms with E-state index in [1.807, 2.05) is 0 Å². The summed E-state index contributed by atoms with van der Waals surface area (Å²) in [6.07, 6.45) is 0.273. The fourth-order valence-corrected chi connectivity index (χ4v) is 1.21. The molecule has 7 nitrogen and oxygen atoms in total. The fourth-order valence-electron chi connectivity index (χ4n) is 1.05. The molecule has 20 heavy (non-hydrogen) atoms. The Kier molecular flexibility index (Phi) is 8.37. The van der Waals surface area contributed by atoms with Crippen molar-refractivity contribution in [1.82, 2.24) is 0 Å². The topological polar surface area (TPSA) is 147 Å². The molecule has 0 fully saturated rings. The molecule has 0 bridgehead atoms. The Morgan fingerprint density at radius 1 is 1.05 bits per heavy atom. The first-order valence-corrected chi connectivity index (χ1v) is 6.26. The summed E-state index contributed by atoms with van der Waals surface area (Å²) in [6, 6.07) is 4.61. The number of hydrogen-bond donors (Lipinski definition) is 6. The van der Waals surface area contributed by atoms with E-state index in [-0.39, 0.29) is 17.9 Å². The monoisotopic (exact) mass is 302 g/mol. The van der Waals surface area contributed by atoms with Gasteiger partial charge in [0.1, 0.15) is 17.8 Å². The Labute approximate surface area is 121 Å². The van der Waals surface area contributed by atoms with Gasteiger partial charge >= 0.3 is 11.9 Å². The van der Waals surface area contributed by atoms with E-state index in [1.165, 1.54) is 12.1 Å². The van der Waals surface area contributed by atoms with Gasteiger partial charge in [-0.3, -0.25) is 9.59 Å². The second-order valence-electron chi connectivity index (χ2n) is 3.94. The Morgan fingerprint density at radius 3 is 1.80 bits per heavy atom. The van der Waals surface area contributed by atoms with Crippen LogP contribution >= 0.6 is 12.6 Å². The molecule has 1 aromatic carbocycles. The summed E-state index contributed by atoms with van der Waals surface area (Å²) < 4.78 is 0. The number of phenols is 1. The Morgan fingerprint density at radius 2 is 1.50 bits per heavy atom. The molecule has 0 saturated carbocycles. The molecule has 1 aromatic rings. The van der Waals surface area contributed by atoms with E-state index in [0.717, 1.165) is 5.56 Å². The third-order valence-electron chi connectivity index (χ3n) is 2.22. The van der Waals surface area contributed by atoms with Crippen molar-refractivity contribution in [2.24, 2.45) is 11.5 Å². The van der Waals surface area contributed by atoms with Crippen LogP contribution in [0.25, 0.3) is 0 Å². The number of aromatic hydroxyl groups is 1. The summed E-state index contributed by atoms with van der Waals surface area (Å²) in [6.45, 7) is 0. The van der Waals surface area contributed by atoms with Crippen molar-refractivity contribution >= 4 is 24.6 Å². The van der Waals surface area contributed by atoms with Gasteiger partial charge in [-0.25, -0.2) is 0 Å². The molecule has 0 heterocycles. The minimum atomic E-state index is -1.02. The molecular weight excluding hydrogens is 284 g/mol. The van der Waals surface area contributed by atoms with E-state index in [1.54, 1.807) is 12.1 Å². The van der Waals surface area contributed by atoms with Gasteiger partial charge in [-0.15, -0.1) is 0 Å². The number of carbonyl (C=O) groups is 2. The van der Waals surface area contributed by atoms with Gasteiger partial charge in [0.25, 0.3) is 0 Å². The Balaban J connectivity index is 0.000000441. The zero-order valence-corrected chi connectivity index (χ0v) is 11.5. The molecular formula is C12H18N2O5S.